The molecule has 0 amide bonds. The van der Waals surface area contributed by atoms with E-state index >= 15 is 0 Å². The van der Waals surface area contributed by atoms with E-state index < -0.39 is 21.7 Å². The fraction of sp³-hybridized carbons (Fsp3) is 0.929. The molecule has 0 aromatic rings. The molecule has 0 aliphatic heterocycles. The first-order chi connectivity index (χ1) is 9.88. The van der Waals surface area contributed by atoms with Gasteiger partial charge in [-0.15, -0.1) is 0 Å². The monoisotopic (exact) mass is 320 g/mol. The minimum absolute atomic E-state index is 0.369. The SMILES string of the molecule is CCCN(CCC)S(=O)(=O)NC1(C(=O)O)CCCCCC1. The molecule has 0 unspecified atom stereocenters. The van der Waals surface area contributed by atoms with E-state index in [4.69, 9.17) is 0 Å². The quantitative estimate of drug-likeness (QED) is 0.671. The summed E-state index contributed by atoms with van der Waals surface area (Å²) in [5.41, 5.74) is -1.34. The topological polar surface area (TPSA) is 86.7 Å². The number of carbonyl (C=O) groups is 1. The highest BCUT2D eigenvalue weighted by atomic mass is 32.2. The minimum Gasteiger partial charge on any atom is -0.480 e. The number of nitrogens with zero attached hydrogens (tertiary/aromatic N) is 1. The van der Waals surface area contributed by atoms with Crippen molar-refractivity contribution < 1.29 is 18.3 Å². The van der Waals surface area contributed by atoms with Gasteiger partial charge < -0.3 is 5.11 Å². The van der Waals surface area contributed by atoms with Crippen LogP contribution in [-0.4, -0.2) is 42.4 Å². The van der Waals surface area contributed by atoms with E-state index in [-0.39, 0.29) is 0 Å². The maximum atomic E-state index is 12.6. The zero-order valence-electron chi connectivity index (χ0n) is 13.1. The minimum atomic E-state index is -3.76. The van der Waals surface area contributed by atoms with Crippen molar-refractivity contribution in [3.63, 3.8) is 0 Å². The Morgan fingerprint density at radius 3 is 1.95 bits per heavy atom. The smallest absolute Gasteiger partial charge is 0.324 e. The van der Waals surface area contributed by atoms with Gasteiger partial charge in [0.15, 0.2) is 0 Å². The van der Waals surface area contributed by atoms with Crippen molar-refractivity contribution in [2.75, 3.05) is 13.1 Å². The molecule has 1 aliphatic rings. The number of aliphatic carboxylic acids is 1. The van der Waals surface area contributed by atoms with Gasteiger partial charge in [-0.1, -0.05) is 39.5 Å². The van der Waals surface area contributed by atoms with Crippen LogP contribution in [0.15, 0.2) is 0 Å². The van der Waals surface area contributed by atoms with Gasteiger partial charge in [-0.25, -0.2) is 0 Å². The van der Waals surface area contributed by atoms with Crippen LogP contribution in [0, 0.1) is 0 Å². The van der Waals surface area contributed by atoms with E-state index in [1.165, 1.54) is 4.31 Å². The molecular weight excluding hydrogens is 292 g/mol. The molecule has 0 atom stereocenters. The van der Waals surface area contributed by atoms with Gasteiger partial charge in [0.05, 0.1) is 0 Å². The van der Waals surface area contributed by atoms with Gasteiger partial charge in [0.25, 0.3) is 10.2 Å². The fourth-order valence-corrected chi connectivity index (χ4v) is 4.61. The van der Waals surface area contributed by atoms with Gasteiger partial charge in [-0.3, -0.25) is 4.79 Å². The summed E-state index contributed by atoms with van der Waals surface area (Å²) in [5.74, 6) is -1.05. The molecule has 21 heavy (non-hydrogen) atoms. The van der Waals surface area contributed by atoms with Crippen LogP contribution in [0.5, 0.6) is 0 Å². The second-order valence-corrected chi connectivity index (χ2v) is 7.48. The molecule has 1 fully saturated rings. The van der Waals surface area contributed by atoms with Crippen LogP contribution < -0.4 is 4.72 Å². The average Bonchev–Trinajstić information content (AvgIpc) is 2.64. The van der Waals surface area contributed by atoms with Crippen molar-refractivity contribution >= 4 is 16.2 Å². The third kappa shape index (κ3) is 4.93. The number of hydrogen-bond donors (Lipinski definition) is 2. The predicted molar refractivity (Wildman–Crippen MR) is 82.3 cm³/mol. The summed E-state index contributed by atoms with van der Waals surface area (Å²) in [5, 5.41) is 9.57. The average molecular weight is 320 g/mol. The number of rotatable bonds is 8. The van der Waals surface area contributed by atoms with E-state index in [2.05, 4.69) is 4.72 Å². The van der Waals surface area contributed by atoms with Gasteiger partial charge in [0.1, 0.15) is 5.54 Å². The first-order valence-electron chi connectivity index (χ1n) is 7.90. The molecule has 0 saturated heterocycles. The molecule has 0 aromatic carbocycles. The molecule has 0 aromatic heterocycles. The lowest BCUT2D eigenvalue weighted by Gasteiger charge is -2.32. The lowest BCUT2D eigenvalue weighted by atomic mass is 9.92. The van der Waals surface area contributed by atoms with Gasteiger partial charge in [0.2, 0.25) is 0 Å². The van der Waals surface area contributed by atoms with Crippen molar-refractivity contribution in [2.24, 2.45) is 0 Å². The third-order valence-electron chi connectivity index (χ3n) is 3.98. The van der Waals surface area contributed by atoms with Crippen molar-refractivity contribution in [3.8, 4) is 0 Å². The summed E-state index contributed by atoms with van der Waals surface area (Å²) in [6, 6.07) is 0. The van der Waals surface area contributed by atoms with Crippen molar-refractivity contribution in [1.82, 2.24) is 9.03 Å². The Bertz CT molecular complexity index is 422. The van der Waals surface area contributed by atoms with E-state index in [0.717, 1.165) is 25.7 Å². The van der Waals surface area contributed by atoms with Crippen molar-refractivity contribution in [3.05, 3.63) is 0 Å². The van der Waals surface area contributed by atoms with E-state index in [1.807, 2.05) is 13.8 Å². The molecule has 1 rings (SSSR count). The van der Waals surface area contributed by atoms with Crippen LogP contribution in [0.3, 0.4) is 0 Å². The Morgan fingerprint density at radius 2 is 1.57 bits per heavy atom. The Hall–Kier alpha value is -0.660. The summed E-state index contributed by atoms with van der Waals surface area (Å²) in [7, 11) is -3.76. The maximum absolute atomic E-state index is 12.6. The summed E-state index contributed by atoms with van der Waals surface area (Å²) >= 11 is 0. The highest BCUT2D eigenvalue weighted by Crippen LogP contribution is 2.28. The largest absolute Gasteiger partial charge is 0.480 e. The van der Waals surface area contributed by atoms with Crippen LogP contribution in [0.2, 0.25) is 0 Å². The molecule has 0 bridgehead atoms. The number of carboxylic acid groups (broad SMARTS) is 1. The van der Waals surface area contributed by atoms with Crippen LogP contribution in [0.4, 0.5) is 0 Å². The molecule has 1 aliphatic carbocycles. The highest BCUT2D eigenvalue weighted by molar-refractivity contribution is 7.87. The first kappa shape index (κ1) is 18.4. The zero-order valence-corrected chi connectivity index (χ0v) is 13.9. The number of nitrogens with one attached hydrogen (secondary N) is 1. The maximum Gasteiger partial charge on any atom is 0.324 e. The zero-order chi connectivity index (χ0) is 15.9. The van der Waals surface area contributed by atoms with Gasteiger partial charge >= 0.3 is 5.97 Å². The number of hydrogen-bond acceptors (Lipinski definition) is 3. The molecular formula is C14H28N2O4S. The fourth-order valence-electron chi connectivity index (χ4n) is 2.85. The Balaban J connectivity index is 2.97. The first-order valence-corrected chi connectivity index (χ1v) is 9.34. The van der Waals surface area contributed by atoms with Gasteiger partial charge in [-0.2, -0.15) is 17.4 Å². The van der Waals surface area contributed by atoms with Crippen molar-refractivity contribution in [1.29, 1.82) is 0 Å². The van der Waals surface area contributed by atoms with E-state index in [0.29, 0.717) is 38.8 Å². The van der Waals surface area contributed by atoms with E-state index in [1.54, 1.807) is 0 Å². The molecule has 124 valence electrons. The molecule has 2 N–H and O–H groups in total. The summed E-state index contributed by atoms with van der Waals surface area (Å²) in [6.45, 7) is 4.66. The predicted octanol–water partition coefficient (Wildman–Crippen LogP) is 2.12. The second-order valence-electron chi connectivity index (χ2n) is 5.81. The summed E-state index contributed by atoms with van der Waals surface area (Å²) < 4.78 is 29.0. The normalized spacial score (nSPS) is 19.4. The summed E-state index contributed by atoms with van der Waals surface area (Å²) in [4.78, 5) is 11.7. The Morgan fingerprint density at radius 1 is 1.10 bits per heavy atom. The van der Waals surface area contributed by atoms with Crippen molar-refractivity contribution in [2.45, 2.75) is 70.8 Å². The Kier molecular flexibility index (Phi) is 7.09. The second kappa shape index (κ2) is 8.10. The van der Waals surface area contributed by atoms with Crippen LogP contribution in [-0.2, 0) is 15.0 Å². The molecule has 0 spiro atoms. The third-order valence-corrected chi connectivity index (χ3v) is 5.67. The molecule has 0 heterocycles. The van der Waals surface area contributed by atoms with Crippen LogP contribution in [0.1, 0.15) is 65.2 Å². The van der Waals surface area contributed by atoms with E-state index in [9.17, 15) is 18.3 Å². The standard InChI is InChI=1S/C14H28N2O4S/c1-3-11-16(12-4-2)21(19,20)15-14(13(17)18)9-7-5-6-8-10-14/h15H,3-12H2,1-2H3,(H,17,18). The lowest BCUT2D eigenvalue weighted by Crippen LogP contribution is -2.58. The lowest BCUT2D eigenvalue weighted by molar-refractivity contribution is -0.144. The highest BCUT2D eigenvalue weighted by Gasteiger charge is 2.43. The summed E-state index contributed by atoms with van der Waals surface area (Å²) in [6.07, 6.45) is 5.57. The number of carboxylic acids is 1. The Labute approximate surface area is 128 Å². The molecule has 0 radical (unpaired) electrons. The molecule has 1 saturated carbocycles. The van der Waals surface area contributed by atoms with Gasteiger partial charge in [0, 0.05) is 13.1 Å². The molecule has 7 heteroatoms. The van der Waals surface area contributed by atoms with Crippen LogP contribution in [0.25, 0.3) is 0 Å². The van der Waals surface area contributed by atoms with Gasteiger partial charge in [-0.05, 0) is 25.7 Å². The molecule has 6 nitrogen and oxygen atoms in total. The van der Waals surface area contributed by atoms with Crippen LogP contribution >= 0.6 is 0 Å².